The van der Waals surface area contributed by atoms with Crippen molar-refractivity contribution in [3.8, 4) is 0 Å². The number of amides is 1. The Morgan fingerprint density at radius 2 is 1.61 bits per heavy atom. The molecule has 0 fully saturated rings. The Bertz CT molecular complexity index is 598. The Kier molecular flexibility index (Phi) is 5.00. The molecule has 126 valence electrons. The quantitative estimate of drug-likeness (QED) is 0.858. The molecule has 0 radical (unpaired) electrons. The van der Waals surface area contributed by atoms with E-state index in [-0.39, 0.29) is 5.91 Å². The minimum Gasteiger partial charge on any atom is -0.366 e. The molecule has 1 amide bonds. The summed E-state index contributed by atoms with van der Waals surface area (Å²) in [5.74, 6) is -0.0427. The number of benzene rings is 1. The van der Waals surface area contributed by atoms with Gasteiger partial charge in [0.2, 0.25) is 0 Å². The van der Waals surface area contributed by atoms with Crippen LogP contribution >= 0.6 is 0 Å². The lowest BCUT2D eigenvalue weighted by atomic mass is 9.76. The number of para-hydroxylation sites is 1. The van der Waals surface area contributed by atoms with Gasteiger partial charge in [-0.2, -0.15) is 0 Å². The molecule has 0 saturated carbocycles. The van der Waals surface area contributed by atoms with E-state index in [0.29, 0.717) is 0 Å². The molecule has 3 heteroatoms. The van der Waals surface area contributed by atoms with Crippen molar-refractivity contribution in [1.82, 2.24) is 0 Å². The molecule has 0 bridgehead atoms. The molecule has 1 unspecified atom stereocenters. The first-order valence-corrected chi connectivity index (χ1v) is 8.63. The predicted octanol–water partition coefficient (Wildman–Crippen LogP) is 4.66. The van der Waals surface area contributed by atoms with Gasteiger partial charge in [-0.1, -0.05) is 65.7 Å². The maximum absolute atomic E-state index is 13.2. The van der Waals surface area contributed by atoms with Gasteiger partial charge in [0.1, 0.15) is 0 Å². The monoisotopic (exact) mass is 315 g/mol. The number of aliphatic hydroxyl groups is 1. The second kappa shape index (κ2) is 6.48. The van der Waals surface area contributed by atoms with Crippen molar-refractivity contribution >= 4 is 11.6 Å². The molecule has 1 atom stereocenters. The second-order valence-electron chi connectivity index (χ2n) is 7.36. The molecule has 3 nitrogen and oxygen atoms in total. The van der Waals surface area contributed by atoms with Gasteiger partial charge in [-0.3, -0.25) is 9.69 Å². The predicted molar refractivity (Wildman–Crippen MR) is 95.2 cm³/mol. The van der Waals surface area contributed by atoms with Gasteiger partial charge in [-0.25, -0.2) is 0 Å². The first kappa shape index (κ1) is 17.7. The smallest absolute Gasteiger partial charge is 0.256 e. The van der Waals surface area contributed by atoms with Crippen LogP contribution in [0, 0.1) is 5.41 Å². The lowest BCUT2D eigenvalue weighted by molar-refractivity contribution is -0.119. The molecule has 1 aromatic rings. The lowest BCUT2D eigenvalue weighted by Crippen LogP contribution is -2.57. The Balaban J connectivity index is 2.67. The third-order valence-corrected chi connectivity index (χ3v) is 4.63. The van der Waals surface area contributed by atoms with Crippen LogP contribution in [0.25, 0.3) is 0 Å². The van der Waals surface area contributed by atoms with Crippen LogP contribution in [-0.4, -0.2) is 16.7 Å². The second-order valence-corrected chi connectivity index (χ2v) is 7.36. The van der Waals surface area contributed by atoms with Gasteiger partial charge in [0.15, 0.2) is 5.72 Å². The molecule has 1 N–H and O–H groups in total. The Morgan fingerprint density at radius 1 is 1.04 bits per heavy atom. The van der Waals surface area contributed by atoms with Crippen LogP contribution in [0.2, 0.25) is 0 Å². The lowest BCUT2D eigenvalue weighted by Gasteiger charge is -2.45. The van der Waals surface area contributed by atoms with Crippen molar-refractivity contribution in [2.75, 3.05) is 4.90 Å². The van der Waals surface area contributed by atoms with Crippen LogP contribution < -0.4 is 4.90 Å². The number of carbonyl (C=O) groups excluding carboxylic acids is 1. The van der Waals surface area contributed by atoms with Gasteiger partial charge >= 0.3 is 0 Å². The molecule has 23 heavy (non-hydrogen) atoms. The molecular formula is C20H29NO2. The molecule has 1 aliphatic rings. The summed E-state index contributed by atoms with van der Waals surface area (Å²) in [7, 11) is 0. The summed E-state index contributed by atoms with van der Waals surface area (Å²) in [5, 5.41) is 11.7. The van der Waals surface area contributed by atoms with Gasteiger partial charge in [-0.15, -0.1) is 0 Å². The molecule has 1 aromatic carbocycles. The van der Waals surface area contributed by atoms with E-state index in [1.54, 1.807) is 4.90 Å². The third-order valence-electron chi connectivity index (χ3n) is 4.63. The highest BCUT2D eigenvalue weighted by atomic mass is 16.3. The summed E-state index contributed by atoms with van der Waals surface area (Å²) >= 11 is 0. The summed E-state index contributed by atoms with van der Waals surface area (Å²) in [4.78, 5) is 14.8. The maximum Gasteiger partial charge on any atom is 0.256 e. The zero-order valence-electron chi connectivity index (χ0n) is 15.0. The topological polar surface area (TPSA) is 40.5 Å². The molecule has 0 aromatic heterocycles. The van der Waals surface area contributed by atoms with Crippen LogP contribution in [0.3, 0.4) is 0 Å². The highest BCUT2D eigenvalue weighted by Crippen LogP contribution is 2.49. The van der Waals surface area contributed by atoms with E-state index in [4.69, 9.17) is 0 Å². The molecule has 0 spiro atoms. The Morgan fingerprint density at radius 3 is 2.09 bits per heavy atom. The SMILES string of the molecule is CCCC1=C(CCC)C(O)(C(C)(C)C)N(c2ccccc2)C1=O. The van der Waals surface area contributed by atoms with Crippen molar-refractivity contribution in [1.29, 1.82) is 0 Å². The fraction of sp³-hybridized carbons (Fsp3) is 0.550. The van der Waals surface area contributed by atoms with Crippen molar-refractivity contribution in [2.45, 2.75) is 66.0 Å². The summed E-state index contributed by atoms with van der Waals surface area (Å²) < 4.78 is 0. The first-order valence-electron chi connectivity index (χ1n) is 8.63. The first-order chi connectivity index (χ1) is 10.8. The number of rotatable bonds is 5. The van der Waals surface area contributed by atoms with Crippen molar-refractivity contribution in [3.05, 3.63) is 41.5 Å². The van der Waals surface area contributed by atoms with E-state index in [0.717, 1.165) is 42.5 Å². The number of nitrogens with zero attached hydrogens (tertiary/aromatic N) is 1. The van der Waals surface area contributed by atoms with Gasteiger partial charge in [-0.05, 0) is 30.5 Å². The van der Waals surface area contributed by atoms with Crippen LogP contribution in [0.1, 0.15) is 60.3 Å². The van der Waals surface area contributed by atoms with E-state index in [2.05, 4.69) is 13.8 Å². The van der Waals surface area contributed by atoms with Crippen molar-refractivity contribution in [2.24, 2.45) is 5.41 Å². The fourth-order valence-electron chi connectivity index (χ4n) is 3.51. The zero-order valence-corrected chi connectivity index (χ0v) is 15.0. The number of carbonyl (C=O) groups is 1. The Labute approximate surface area is 140 Å². The normalized spacial score (nSPS) is 22.2. The molecule has 1 aliphatic heterocycles. The Hall–Kier alpha value is -1.61. The summed E-state index contributed by atoms with van der Waals surface area (Å²) in [5.41, 5.74) is 0.721. The van der Waals surface area contributed by atoms with Crippen LogP contribution in [0.15, 0.2) is 41.5 Å². The third kappa shape index (κ3) is 2.83. The van der Waals surface area contributed by atoms with Gasteiger partial charge in [0.05, 0.1) is 0 Å². The fourth-order valence-corrected chi connectivity index (χ4v) is 3.51. The van der Waals surface area contributed by atoms with Gasteiger partial charge in [0, 0.05) is 16.7 Å². The molecule has 2 rings (SSSR count). The van der Waals surface area contributed by atoms with Crippen LogP contribution in [0.5, 0.6) is 0 Å². The van der Waals surface area contributed by atoms with E-state index >= 15 is 0 Å². The van der Waals surface area contributed by atoms with Gasteiger partial charge < -0.3 is 5.11 Å². The molecule has 0 saturated heterocycles. The van der Waals surface area contributed by atoms with Crippen LogP contribution in [0.4, 0.5) is 5.69 Å². The number of anilines is 1. The van der Waals surface area contributed by atoms with Crippen LogP contribution in [-0.2, 0) is 4.79 Å². The average Bonchev–Trinajstić information content (AvgIpc) is 2.71. The number of hydrogen-bond donors (Lipinski definition) is 1. The zero-order chi connectivity index (χ0) is 17.3. The highest BCUT2D eigenvalue weighted by molar-refractivity contribution is 6.11. The van der Waals surface area contributed by atoms with E-state index in [1.807, 2.05) is 51.1 Å². The molecular weight excluding hydrogens is 286 g/mol. The summed E-state index contributed by atoms with van der Waals surface area (Å²) in [6, 6.07) is 9.53. The van der Waals surface area contributed by atoms with E-state index < -0.39 is 11.1 Å². The molecule has 1 heterocycles. The molecule has 0 aliphatic carbocycles. The number of hydrogen-bond acceptors (Lipinski definition) is 2. The van der Waals surface area contributed by atoms with Crippen molar-refractivity contribution < 1.29 is 9.90 Å². The minimum absolute atomic E-state index is 0.0427. The maximum atomic E-state index is 13.2. The van der Waals surface area contributed by atoms with Gasteiger partial charge in [0.25, 0.3) is 5.91 Å². The average molecular weight is 315 g/mol. The summed E-state index contributed by atoms with van der Waals surface area (Å²) in [6.07, 6.45) is 3.28. The summed E-state index contributed by atoms with van der Waals surface area (Å²) in [6.45, 7) is 10.2. The van der Waals surface area contributed by atoms with E-state index in [9.17, 15) is 9.90 Å². The highest BCUT2D eigenvalue weighted by Gasteiger charge is 2.56. The van der Waals surface area contributed by atoms with E-state index in [1.165, 1.54) is 0 Å². The standard InChI is InChI=1S/C20H29NO2/c1-6-11-16-17(12-7-2)20(23,19(3,4)5)21(18(16)22)15-13-9-8-10-14-15/h8-10,13-14,23H,6-7,11-12H2,1-5H3. The minimum atomic E-state index is -1.27. The van der Waals surface area contributed by atoms with Crippen molar-refractivity contribution in [3.63, 3.8) is 0 Å². The largest absolute Gasteiger partial charge is 0.366 e.